The Labute approximate surface area is 51.9 Å². The Morgan fingerprint density at radius 1 is 1.00 bits per heavy atom. The molecule has 3 heteroatoms. The van der Waals surface area contributed by atoms with Gasteiger partial charge in [0.1, 0.15) is 11.6 Å². The van der Waals surface area contributed by atoms with Gasteiger partial charge in [0.25, 0.3) is 0 Å². The summed E-state index contributed by atoms with van der Waals surface area (Å²) in [6.07, 6.45) is 0. The largest absolute Gasteiger partial charge is 0.344 e. The minimum Gasteiger partial charge on any atom is -0.344 e. The molecule has 0 heterocycles. The maximum absolute atomic E-state index is 11.9. The van der Waals surface area contributed by atoms with Gasteiger partial charge in [-0.25, -0.2) is 8.78 Å². The molecule has 0 aromatic heterocycles. The van der Waals surface area contributed by atoms with E-state index < -0.39 is 11.6 Å². The summed E-state index contributed by atoms with van der Waals surface area (Å²) in [5, 5.41) is 0. The molecule has 1 nitrogen and oxygen atoms in total. The smallest absolute Gasteiger partial charge is 0.126 e. The SMILES string of the molecule is Fc1cccc(F)c1.N. The van der Waals surface area contributed by atoms with Crippen LogP contribution in [-0.4, -0.2) is 0 Å². The molecule has 9 heavy (non-hydrogen) atoms. The maximum atomic E-state index is 11.9. The molecule has 1 aromatic rings. The summed E-state index contributed by atoms with van der Waals surface area (Å²) in [7, 11) is 0. The Balaban J connectivity index is 0.000000640. The first kappa shape index (κ1) is 8.04. The number of hydrogen-bond donors (Lipinski definition) is 1. The lowest BCUT2D eigenvalue weighted by molar-refractivity contribution is 0.583. The molecule has 0 aliphatic rings. The number of hydrogen-bond acceptors (Lipinski definition) is 1. The fourth-order valence-corrected chi connectivity index (χ4v) is 0.460. The third-order valence-corrected chi connectivity index (χ3v) is 0.787. The number of rotatable bonds is 0. The van der Waals surface area contributed by atoms with E-state index >= 15 is 0 Å². The molecule has 0 amide bonds. The molecule has 0 saturated heterocycles. The predicted molar refractivity (Wildman–Crippen MR) is 31.4 cm³/mol. The van der Waals surface area contributed by atoms with Gasteiger partial charge in [-0.2, -0.15) is 0 Å². The van der Waals surface area contributed by atoms with Gasteiger partial charge in [-0.3, -0.25) is 0 Å². The van der Waals surface area contributed by atoms with Crippen LogP contribution in [0.5, 0.6) is 0 Å². The molecule has 1 rings (SSSR count). The summed E-state index contributed by atoms with van der Waals surface area (Å²) >= 11 is 0. The van der Waals surface area contributed by atoms with Gasteiger partial charge in [0.2, 0.25) is 0 Å². The zero-order valence-corrected chi connectivity index (χ0v) is 4.77. The standard InChI is InChI=1S/C6H4F2.H3N/c7-5-2-1-3-6(8)4-5;/h1-4H;1H3. The summed E-state index contributed by atoms with van der Waals surface area (Å²) in [6, 6.07) is 4.55. The van der Waals surface area contributed by atoms with Crippen molar-refractivity contribution in [3.63, 3.8) is 0 Å². The molecule has 0 aliphatic heterocycles. The first-order valence-electron chi connectivity index (χ1n) is 2.20. The molecule has 0 bridgehead atoms. The van der Waals surface area contributed by atoms with E-state index in [1.165, 1.54) is 18.2 Å². The molecule has 0 atom stereocenters. The van der Waals surface area contributed by atoms with Gasteiger partial charge >= 0.3 is 0 Å². The zero-order valence-electron chi connectivity index (χ0n) is 4.77. The van der Waals surface area contributed by atoms with Crippen molar-refractivity contribution in [2.45, 2.75) is 0 Å². The van der Waals surface area contributed by atoms with Crippen molar-refractivity contribution in [1.29, 1.82) is 0 Å². The van der Waals surface area contributed by atoms with Gasteiger partial charge in [-0.15, -0.1) is 0 Å². The van der Waals surface area contributed by atoms with Crippen LogP contribution in [-0.2, 0) is 0 Å². The van der Waals surface area contributed by atoms with Crippen LogP contribution in [0.4, 0.5) is 8.78 Å². The Kier molecular flexibility index (Phi) is 2.81. The van der Waals surface area contributed by atoms with Crippen LogP contribution in [0.1, 0.15) is 0 Å². The van der Waals surface area contributed by atoms with Gasteiger partial charge in [-0.1, -0.05) is 6.07 Å². The van der Waals surface area contributed by atoms with Crippen molar-refractivity contribution in [3.8, 4) is 0 Å². The van der Waals surface area contributed by atoms with Crippen molar-refractivity contribution in [3.05, 3.63) is 35.9 Å². The van der Waals surface area contributed by atoms with Gasteiger partial charge in [-0.05, 0) is 12.1 Å². The first-order valence-corrected chi connectivity index (χ1v) is 2.20. The molecule has 0 spiro atoms. The van der Waals surface area contributed by atoms with E-state index in [0.717, 1.165) is 6.07 Å². The average Bonchev–Trinajstić information content (AvgIpc) is 1.64. The highest BCUT2D eigenvalue weighted by Crippen LogP contribution is 1.99. The lowest BCUT2D eigenvalue weighted by Gasteiger charge is -1.84. The predicted octanol–water partition coefficient (Wildman–Crippen LogP) is 2.13. The zero-order chi connectivity index (χ0) is 5.98. The molecule has 1 aromatic carbocycles. The van der Waals surface area contributed by atoms with Crippen LogP contribution in [0, 0.1) is 11.6 Å². The lowest BCUT2D eigenvalue weighted by Crippen LogP contribution is -1.73. The summed E-state index contributed by atoms with van der Waals surface area (Å²) in [4.78, 5) is 0. The van der Waals surface area contributed by atoms with Crippen molar-refractivity contribution < 1.29 is 8.78 Å². The second-order valence-electron chi connectivity index (χ2n) is 1.44. The Hall–Kier alpha value is -0.960. The van der Waals surface area contributed by atoms with Crippen LogP contribution < -0.4 is 6.15 Å². The van der Waals surface area contributed by atoms with E-state index in [0.29, 0.717) is 0 Å². The van der Waals surface area contributed by atoms with E-state index in [-0.39, 0.29) is 6.15 Å². The van der Waals surface area contributed by atoms with Crippen molar-refractivity contribution in [1.82, 2.24) is 6.15 Å². The third-order valence-electron chi connectivity index (χ3n) is 0.787. The summed E-state index contributed by atoms with van der Waals surface area (Å²) in [6.45, 7) is 0. The lowest BCUT2D eigenvalue weighted by atomic mass is 10.3. The van der Waals surface area contributed by atoms with Crippen LogP contribution in [0.3, 0.4) is 0 Å². The highest BCUT2D eigenvalue weighted by atomic mass is 19.1. The van der Waals surface area contributed by atoms with Crippen molar-refractivity contribution >= 4 is 0 Å². The fraction of sp³-hybridized carbons (Fsp3) is 0. The average molecular weight is 131 g/mol. The van der Waals surface area contributed by atoms with Crippen molar-refractivity contribution in [2.75, 3.05) is 0 Å². The molecular weight excluding hydrogens is 124 g/mol. The van der Waals surface area contributed by atoms with E-state index in [1.807, 2.05) is 0 Å². The molecule has 0 radical (unpaired) electrons. The van der Waals surface area contributed by atoms with Crippen LogP contribution >= 0.6 is 0 Å². The van der Waals surface area contributed by atoms with E-state index in [9.17, 15) is 8.78 Å². The monoisotopic (exact) mass is 131 g/mol. The Bertz CT molecular complexity index is 171. The van der Waals surface area contributed by atoms with Gasteiger partial charge < -0.3 is 6.15 Å². The molecule has 0 unspecified atom stereocenters. The van der Waals surface area contributed by atoms with Gasteiger partial charge in [0.15, 0.2) is 0 Å². The van der Waals surface area contributed by atoms with E-state index in [4.69, 9.17) is 0 Å². The van der Waals surface area contributed by atoms with Gasteiger partial charge in [0.05, 0.1) is 0 Å². The highest BCUT2D eigenvalue weighted by Gasteiger charge is 1.88. The molecule has 0 saturated carbocycles. The van der Waals surface area contributed by atoms with E-state index in [2.05, 4.69) is 0 Å². The highest BCUT2D eigenvalue weighted by molar-refractivity contribution is 5.04. The molecule has 0 aliphatic carbocycles. The Morgan fingerprint density at radius 2 is 1.44 bits per heavy atom. The molecular formula is C6H7F2N. The first-order chi connectivity index (χ1) is 3.79. The second kappa shape index (κ2) is 3.14. The molecule has 50 valence electrons. The second-order valence-corrected chi connectivity index (χ2v) is 1.44. The fourth-order valence-electron chi connectivity index (χ4n) is 0.460. The minimum absolute atomic E-state index is 0. The quantitative estimate of drug-likeness (QED) is 0.575. The third kappa shape index (κ3) is 2.19. The summed E-state index contributed by atoms with van der Waals surface area (Å²) < 4.78 is 23.9. The summed E-state index contributed by atoms with van der Waals surface area (Å²) in [5.41, 5.74) is 0. The van der Waals surface area contributed by atoms with Crippen molar-refractivity contribution in [2.24, 2.45) is 0 Å². The van der Waals surface area contributed by atoms with Crippen LogP contribution in [0.15, 0.2) is 24.3 Å². The topological polar surface area (TPSA) is 35.0 Å². The number of halogens is 2. The minimum atomic E-state index is -0.537. The summed E-state index contributed by atoms with van der Waals surface area (Å²) in [5.74, 6) is -1.07. The Morgan fingerprint density at radius 3 is 1.67 bits per heavy atom. The molecule has 0 fully saturated rings. The van der Waals surface area contributed by atoms with Crippen LogP contribution in [0.25, 0.3) is 0 Å². The number of benzene rings is 1. The van der Waals surface area contributed by atoms with E-state index in [1.54, 1.807) is 0 Å². The normalized spacial score (nSPS) is 8.22. The van der Waals surface area contributed by atoms with Gasteiger partial charge in [0, 0.05) is 6.07 Å². The van der Waals surface area contributed by atoms with Crippen LogP contribution in [0.2, 0.25) is 0 Å². The molecule has 3 N–H and O–H groups in total. The maximum Gasteiger partial charge on any atom is 0.126 e.